The van der Waals surface area contributed by atoms with E-state index in [-0.39, 0.29) is 17.9 Å². The van der Waals surface area contributed by atoms with Crippen molar-refractivity contribution in [2.24, 2.45) is 5.92 Å². The zero-order valence-electron chi connectivity index (χ0n) is 17.3. The fourth-order valence-corrected chi connectivity index (χ4v) is 4.39. The van der Waals surface area contributed by atoms with E-state index < -0.39 is 0 Å². The van der Waals surface area contributed by atoms with Crippen LogP contribution in [-0.4, -0.2) is 46.6 Å². The molecule has 2 aromatic heterocycles. The first-order chi connectivity index (χ1) is 15.3. The molecule has 1 saturated heterocycles. The van der Waals surface area contributed by atoms with E-state index in [9.17, 15) is 4.79 Å². The van der Waals surface area contributed by atoms with Gasteiger partial charge in [0.15, 0.2) is 0 Å². The van der Waals surface area contributed by atoms with E-state index in [1.165, 1.54) is 0 Å². The van der Waals surface area contributed by atoms with Gasteiger partial charge in [0.25, 0.3) is 0 Å². The van der Waals surface area contributed by atoms with Crippen molar-refractivity contribution < 1.29 is 9.53 Å². The van der Waals surface area contributed by atoms with Crippen LogP contribution in [0.25, 0.3) is 11.3 Å². The Hall–Kier alpha value is -3.48. The highest BCUT2D eigenvalue weighted by Gasteiger charge is 2.29. The Morgan fingerprint density at radius 1 is 1.13 bits per heavy atom. The highest BCUT2D eigenvalue weighted by atomic mass is 16.5. The number of carbonyl (C=O) groups is 1. The lowest BCUT2D eigenvalue weighted by molar-refractivity contribution is -0.125. The number of fused-ring (bicyclic) bond motifs is 1. The van der Waals surface area contributed by atoms with Crippen molar-refractivity contribution in [2.45, 2.75) is 25.4 Å². The SMILES string of the molecule is O=C(NC[C@@H]1Cc2cccc(-c3cnccn3)c2O1)[C@H]1CCCN(c2ccccn2)C1. The Morgan fingerprint density at radius 2 is 2.10 bits per heavy atom. The Kier molecular flexibility index (Phi) is 5.48. The van der Waals surface area contributed by atoms with Crippen LogP contribution in [0.2, 0.25) is 0 Å². The zero-order chi connectivity index (χ0) is 21.0. The van der Waals surface area contributed by atoms with Gasteiger partial charge in [-0.15, -0.1) is 0 Å². The van der Waals surface area contributed by atoms with Gasteiger partial charge in [-0.2, -0.15) is 0 Å². The number of hydrogen-bond acceptors (Lipinski definition) is 6. The first-order valence-corrected chi connectivity index (χ1v) is 10.8. The van der Waals surface area contributed by atoms with E-state index in [2.05, 4.69) is 31.2 Å². The molecule has 0 unspecified atom stereocenters. The second-order valence-electron chi connectivity index (χ2n) is 8.05. The van der Waals surface area contributed by atoms with Gasteiger partial charge < -0.3 is 15.0 Å². The highest BCUT2D eigenvalue weighted by molar-refractivity contribution is 5.79. The molecular formula is C24H25N5O2. The smallest absolute Gasteiger partial charge is 0.225 e. The molecule has 2 atom stereocenters. The van der Waals surface area contributed by atoms with E-state index in [4.69, 9.17) is 4.74 Å². The predicted octanol–water partition coefficient (Wildman–Crippen LogP) is 2.87. The number of nitrogens with zero attached hydrogens (tertiary/aromatic N) is 4. The van der Waals surface area contributed by atoms with Crippen molar-refractivity contribution in [3.63, 3.8) is 0 Å². The number of aromatic nitrogens is 3. The normalized spacial score (nSPS) is 20.1. The van der Waals surface area contributed by atoms with Gasteiger partial charge in [-0.1, -0.05) is 18.2 Å². The van der Waals surface area contributed by atoms with Gasteiger partial charge in [0.1, 0.15) is 17.7 Å². The second-order valence-corrected chi connectivity index (χ2v) is 8.05. The summed E-state index contributed by atoms with van der Waals surface area (Å²) in [7, 11) is 0. The van der Waals surface area contributed by atoms with Crippen molar-refractivity contribution >= 4 is 11.7 Å². The van der Waals surface area contributed by atoms with Gasteiger partial charge in [-0.3, -0.25) is 14.8 Å². The van der Waals surface area contributed by atoms with E-state index in [0.29, 0.717) is 13.1 Å². The molecule has 31 heavy (non-hydrogen) atoms. The van der Waals surface area contributed by atoms with Crippen molar-refractivity contribution in [1.82, 2.24) is 20.3 Å². The number of benzene rings is 1. The number of ether oxygens (including phenoxy) is 1. The summed E-state index contributed by atoms with van der Waals surface area (Å²) in [5.74, 6) is 1.84. The maximum absolute atomic E-state index is 12.9. The third kappa shape index (κ3) is 4.21. The first-order valence-electron chi connectivity index (χ1n) is 10.8. The average Bonchev–Trinajstić information content (AvgIpc) is 3.27. The molecule has 5 rings (SSSR count). The molecule has 2 aliphatic heterocycles. The summed E-state index contributed by atoms with van der Waals surface area (Å²) < 4.78 is 6.22. The number of anilines is 1. The molecule has 7 nitrogen and oxygen atoms in total. The molecule has 1 aromatic carbocycles. The van der Waals surface area contributed by atoms with E-state index in [1.54, 1.807) is 24.8 Å². The van der Waals surface area contributed by atoms with Crippen molar-refractivity contribution in [3.8, 4) is 17.0 Å². The van der Waals surface area contributed by atoms with Crippen LogP contribution in [0.4, 0.5) is 5.82 Å². The van der Waals surface area contributed by atoms with Gasteiger partial charge in [0, 0.05) is 43.7 Å². The molecule has 1 amide bonds. The molecule has 7 heteroatoms. The number of carbonyl (C=O) groups excluding carboxylic acids is 1. The molecule has 3 aromatic rings. The largest absolute Gasteiger partial charge is 0.487 e. The molecule has 1 N–H and O–H groups in total. The molecule has 2 aliphatic rings. The van der Waals surface area contributed by atoms with Gasteiger partial charge in [-0.25, -0.2) is 4.98 Å². The summed E-state index contributed by atoms with van der Waals surface area (Å²) in [4.78, 5) is 28.0. The van der Waals surface area contributed by atoms with Crippen LogP contribution >= 0.6 is 0 Å². The second kappa shape index (κ2) is 8.71. The minimum atomic E-state index is -0.0766. The quantitative estimate of drug-likeness (QED) is 0.690. The molecule has 0 radical (unpaired) electrons. The fraction of sp³-hybridized carbons (Fsp3) is 0.333. The molecule has 0 spiro atoms. The third-order valence-corrected chi connectivity index (χ3v) is 5.94. The van der Waals surface area contributed by atoms with Gasteiger partial charge in [-0.05, 0) is 36.6 Å². The lowest BCUT2D eigenvalue weighted by Gasteiger charge is -2.33. The lowest BCUT2D eigenvalue weighted by atomic mass is 9.97. The zero-order valence-corrected chi connectivity index (χ0v) is 17.3. The highest BCUT2D eigenvalue weighted by Crippen LogP contribution is 2.37. The summed E-state index contributed by atoms with van der Waals surface area (Å²) >= 11 is 0. The van der Waals surface area contributed by atoms with Crippen LogP contribution in [0.3, 0.4) is 0 Å². The van der Waals surface area contributed by atoms with Crippen LogP contribution in [0.15, 0.2) is 61.2 Å². The summed E-state index contributed by atoms with van der Waals surface area (Å²) in [6.45, 7) is 2.13. The molecular weight excluding hydrogens is 390 g/mol. The lowest BCUT2D eigenvalue weighted by Crippen LogP contribution is -2.45. The van der Waals surface area contributed by atoms with Crippen LogP contribution < -0.4 is 15.0 Å². The summed E-state index contributed by atoms with van der Waals surface area (Å²) in [6.07, 6.45) is 9.46. The van der Waals surface area contributed by atoms with Crippen LogP contribution in [0, 0.1) is 5.92 Å². The molecule has 4 heterocycles. The van der Waals surface area contributed by atoms with Gasteiger partial charge >= 0.3 is 0 Å². The van der Waals surface area contributed by atoms with E-state index >= 15 is 0 Å². The van der Waals surface area contributed by atoms with Crippen LogP contribution in [0.1, 0.15) is 18.4 Å². The average molecular weight is 415 g/mol. The van der Waals surface area contributed by atoms with Crippen molar-refractivity contribution in [3.05, 3.63) is 66.7 Å². The Balaban J connectivity index is 1.19. The molecule has 0 bridgehead atoms. The Morgan fingerprint density at radius 3 is 2.94 bits per heavy atom. The van der Waals surface area contributed by atoms with Crippen molar-refractivity contribution in [2.75, 3.05) is 24.5 Å². The number of piperidine rings is 1. The molecule has 1 fully saturated rings. The molecule has 158 valence electrons. The monoisotopic (exact) mass is 415 g/mol. The number of para-hydroxylation sites is 1. The number of rotatable bonds is 5. The number of amides is 1. The Bertz CT molecular complexity index is 1040. The molecule has 0 aliphatic carbocycles. The van der Waals surface area contributed by atoms with Crippen LogP contribution in [-0.2, 0) is 11.2 Å². The predicted molar refractivity (Wildman–Crippen MR) is 118 cm³/mol. The minimum absolute atomic E-state index is 0.0327. The van der Waals surface area contributed by atoms with Crippen molar-refractivity contribution in [1.29, 1.82) is 0 Å². The summed E-state index contributed by atoms with van der Waals surface area (Å²) in [5, 5.41) is 3.12. The van der Waals surface area contributed by atoms with Gasteiger partial charge in [0.05, 0.1) is 24.4 Å². The third-order valence-electron chi connectivity index (χ3n) is 5.94. The summed E-state index contributed by atoms with van der Waals surface area (Å²) in [5.41, 5.74) is 2.87. The first kappa shape index (κ1) is 19.5. The minimum Gasteiger partial charge on any atom is -0.487 e. The molecule has 0 saturated carbocycles. The summed E-state index contributed by atoms with van der Waals surface area (Å²) in [6, 6.07) is 12.0. The van der Waals surface area contributed by atoms with Crippen LogP contribution in [0.5, 0.6) is 5.75 Å². The number of pyridine rings is 1. The Labute approximate surface area is 181 Å². The maximum atomic E-state index is 12.9. The fourth-order valence-electron chi connectivity index (χ4n) is 4.39. The topological polar surface area (TPSA) is 80.2 Å². The maximum Gasteiger partial charge on any atom is 0.225 e. The van der Waals surface area contributed by atoms with E-state index in [0.717, 1.165) is 54.2 Å². The standard InChI is InChI=1S/C24H25N5O2/c30-24(18-6-4-12-29(16-18)22-8-1-2-9-27-22)28-14-19-13-17-5-3-7-20(23(17)31-19)21-15-25-10-11-26-21/h1-3,5,7-11,15,18-19H,4,6,12-14,16H2,(H,28,30)/t18-,19-/m0/s1. The van der Waals surface area contributed by atoms with E-state index in [1.807, 2.05) is 30.3 Å². The number of hydrogen-bond donors (Lipinski definition) is 1. The van der Waals surface area contributed by atoms with Gasteiger partial charge in [0.2, 0.25) is 5.91 Å². The number of nitrogens with one attached hydrogen (secondary N) is 1.